The lowest BCUT2D eigenvalue weighted by Crippen LogP contribution is -2.49. The van der Waals surface area contributed by atoms with E-state index < -0.39 is 0 Å². The monoisotopic (exact) mass is 328 g/mol. The van der Waals surface area contributed by atoms with Crippen molar-refractivity contribution < 1.29 is 9.53 Å². The van der Waals surface area contributed by atoms with Crippen LogP contribution in [0.25, 0.3) is 5.69 Å². The van der Waals surface area contributed by atoms with Crippen LogP contribution in [0.2, 0.25) is 0 Å². The van der Waals surface area contributed by atoms with Crippen LogP contribution in [0.1, 0.15) is 19.8 Å². The number of carbonyl (C=O) groups is 1. The number of piperazine rings is 1. The predicted octanol–water partition coefficient (Wildman–Crippen LogP) is 2.33. The van der Waals surface area contributed by atoms with Crippen LogP contribution in [0, 0.1) is 0 Å². The third-order valence-corrected chi connectivity index (χ3v) is 4.33. The Hall–Kier alpha value is -2.50. The van der Waals surface area contributed by atoms with Crippen LogP contribution >= 0.6 is 0 Å². The lowest BCUT2D eigenvalue weighted by Gasteiger charge is -2.35. The number of nitrogens with zero attached hydrogens (tertiary/aromatic N) is 4. The number of ether oxygens (including phenoxy) is 1. The second-order valence-electron chi connectivity index (χ2n) is 5.92. The van der Waals surface area contributed by atoms with Gasteiger partial charge in [0.25, 0.3) is 0 Å². The maximum Gasteiger partial charge on any atom is 0.222 e. The Bertz CT molecular complexity index is 690. The summed E-state index contributed by atoms with van der Waals surface area (Å²) in [5, 5.41) is 0. The number of rotatable bonds is 5. The summed E-state index contributed by atoms with van der Waals surface area (Å²) in [4.78, 5) is 20.7. The van der Waals surface area contributed by atoms with Gasteiger partial charge in [-0.3, -0.25) is 9.36 Å². The third kappa shape index (κ3) is 3.37. The van der Waals surface area contributed by atoms with Crippen molar-refractivity contribution in [2.75, 3.05) is 38.2 Å². The SMILES string of the molecule is CCCC(=O)N1CCN(c2nccn2-c2cccc(OC)c2)CC1. The standard InChI is InChI=1S/C18H24N4O2/c1-3-5-17(23)20-10-12-21(13-11-20)18-19-8-9-22(18)15-6-4-7-16(14-15)24-2/h4,6-9,14H,3,5,10-13H2,1-2H3. The lowest BCUT2D eigenvalue weighted by molar-refractivity contribution is -0.131. The summed E-state index contributed by atoms with van der Waals surface area (Å²) in [7, 11) is 1.67. The fourth-order valence-corrected chi connectivity index (χ4v) is 3.02. The van der Waals surface area contributed by atoms with Gasteiger partial charge in [0.2, 0.25) is 11.9 Å². The number of aromatic nitrogens is 2. The number of carbonyl (C=O) groups excluding carboxylic acids is 1. The van der Waals surface area contributed by atoms with Gasteiger partial charge in [-0.15, -0.1) is 0 Å². The first-order valence-corrected chi connectivity index (χ1v) is 8.43. The molecule has 24 heavy (non-hydrogen) atoms. The van der Waals surface area contributed by atoms with Gasteiger partial charge in [0, 0.05) is 51.1 Å². The predicted molar refractivity (Wildman–Crippen MR) is 93.8 cm³/mol. The summed E-state index contributed by atoms with van der Waals surface area (Å²) in [6, 6.07) is 7.93. The van der Waals surface area contributed by atoms with E-state index in [9.17, 15) is 4.79 Å². The van der Waals surface area contributed by atoms with Crippen molar-refractivity contribution in [2.45, 2.75) is 19.8 Å². The van der Waals surface area contributed by atoms with Gasteiger partial charge in [-0.25, -0.2) is 4.98 Å². The maximum absolute atomic E-state index is 12.0. The topological polar surface area (TPSA) is 50.6 Å². The van der Waals surface area contributed by atoms with Crippen LogP contribution in [0.15, 0.2) is 36.7 Å². The fourth-order valence-electron chi connectivity index (χ4n) is 3.02. The van der Waals surface area contributed by atoms with E-state index in [1.807, 2.05) is 48.5 Å². The smallest absolute Gasteiger partial charge is 0.222 e. The summed E-state index contributed by atoms with van der Waals surface area (Å²) >= 11 is 0. The number of imidazole rings is 1. The van der Waals surface area contributed by atoms with Crippen LogP contribution in [0.4, 0.5) is 5.95 Å². The van der Waals surface area contributed by atoms with Crippen LogP contribution in [-0.2, 0) is 4.79 Å². The zero-order valence-corrected chi connectivity index (χ0v) is 14.3. The molecule has 1 aromatic carbocycles. The van der Waals surface area contributed by atoms with E-state index in [4.69, 9.17) is 4.74 Å². The van der Waals surface area contributed by atoms with Gasteiger partial charge < -0.3 is 14.5 Å². The van der Waals surface area contributed by atoms with Crippen molar-refractivity contribution in [2.24, 2.45) is 0 Å². The molecule has 1 fully saturated rings. The first-order chi connectivity index (χ1) is 11.7. The molecule has 0 unspecified atom stereocenters. The van der Waals surface area contributed by atoms with Gasteiger partial charge >= 0.3 is 0 Å². The Kier molecular flexibility index (Phi) is 5.03. The zero-order valence-electron chi connectivity index (χ0n) is 14.3. The zero-order chi connectivity index (χ0) is 16.9. The fraction of sp³-hybridized carbons (Fsp3) is 0.444. The minimum absolute atomic E-state index is 0.258. The average Bonchev–Trinajstić information content (AvgIpc) is 3.12. The summed E-state index contributed by atoms with van der Waals surface area (Å²) in [5.41, 5.74) is 1.02. The van der Waals surface area contributed by atoms with E-state index in [1.165, 1.54) is 0 Å². The molecule has 0 aliphatic carbocycles. The molecule has 128 valence electrons. The summed E-state index contributed by atoms with van der Waals surface area (Å²) in [6.07, 6.45) is 5.31. The summed E-state index contributed by atoms with van der Waals surface area (Å²) in [6.45, 7) is 5.15. The van der Waals surface area contributed by atoms with Gasteiger partial charge in [-0.05, 0) is 18.6 Å². The van der Waals surface area contributed by atoms with Gasteiger partial charge in [-0.1, -0.05) is 13.0 Å². The van der Waals surface area contributed by atoms with Crippen LogP contribution < -0.4 is 9.64 Å². The molecule has 1 amide bonds. The van der Waals surface area contributed by atoms with E-state index in [1.54, 1.807) is 7.11 Å². The Labute approximate surface area is 142 Å². The van der Waals surface area contributed by atoms with Crippen molar-refractivity contribution in [3.8, 4) is 11.4 Å². The highest BCUT2D eigenvalue weighted by molar-refractivity contribution is 5.76. The van der Waals surface area contributed by atoms with Crippen LogP contribution in [-0.4, -0.2) is 53.6 Å². The van der Waals surface area contributed by atoms with E-state index in [-0.39, 0.29) is 5.91 Å². The number of methoxy groups -OCH3 is 1. The molecular formula is C18H24N4O2. The number of anilines is 1. The van der Waals surface area contributed by atoms with E-state index in [2.05, 4.69) is 14.5 Å². The third-order valence-electron chi connectivity index (χ3n) is 4.33. The minimum atomic E-state index is 0.258. The molecule has 6 heteroatoms. The highest BCUT2D eigenvalue weighted by atomic mass is 16.5. The molecule has 0 radical (unpaired) electrons. The van der Waals surface area contributed by atoms with E-state index in [0.29, 0.717) is 6.42 Å². The quantitative estimate of drug-likeness (QED) is 0.845. The largest absolute Gasteiger partial charge is 0.497 e. The molecule has 0 saturated carbocycles. The van der Waals surface area contributed by atoms with Crippen molar-refractivity contribution in [3.05, 3.63) is 36.7 Å². The number of hydrogen-bond acceptors (Lipinski definition) is 4. The molecule has 0 atom stereocenters. The molecule has 3 rings (SSSR count). The van der Waals surface area contributed by atoms with Gasteiger partial charge in [0.1, 0.15) is 5.75 Å². The average molecular weight is 328 g/mol. The Morgan fingerprint density at radius 2 is 2.04 bits per heavy atom. The molecule has 1 aliphatic rings. The van der Waals surface area contributed by atoms with E-state index in [0.717, 1.165) is 50.0 Å². The van der Waals surface area contributed by atoms with Crippen LogP contribution in [0.5, 0.6) is 5.75 Å². The molecule has 2 heterocycles. The van der Waals surface area contributed by atoms with Gasteiger partial charge in [0.05, 0.1) is 12.8 Å². The Morgan fingerprint density at radius 3 is 2.75 bits per heavy atom. The highest BCUT2D eigenvalue weighted by Crippen LogP contribution is 2.22. The maximum atomic E-state index is 12.0. The van der Waals surface area contributed by atoms with Crippen molar-refractivity contribution >= 4 is 11.9 Å². The second-order valence-corrected chi connectivity index (χ2v) is 5.92. The first kappa shape index (κ1) is 16.4. The van der Waals surface area contributed by atoms with Crippen molar-refractivity contribution in [1.29, 1.82) is 0 Å². The Morgan fingerprint density at radius 1 is 1.25 bits per heavy atom. The number of hydrogen-bond donors (Lipinski definition) is 0. The van der Waals surface area contributed by atoms with Crippen LogP contribution in [0.3, 0.4) is 0 Å². The molecule has 0 spiro atoms. The van der Waals surface area contributed by atoms with Gasteiger partial charge in [0.15, 0.2) is 0 Å². The molecule has 1 aliphatic heterocycles. The normalized spacial score (nSPS) is 14.8. The molecule has 1 saturated heterocycles. The molecule has 1 aromatic heterocycles. The lowest BCUT2D eigenvalue weighted by atomic mass is 10.2. The molecule has 6 nitrogen and oxygen atoms in total. The summed E-state index contributed by atoms with van der Waals surface area (Å²) < 4.78 is 7.37. The minimum Gasteiger partial charge on any atom is -0.497 e. The second kappa shape index (κ2) is 7.38. The van der Waals surface area contributed by atoms with Gasteiger partial charge in [-0.2, -0.15) is 0 Å². The van der Waals surface area contributed by atoms with E-state index >= 15 is 0 Å². The summed E-state index contributed by atoms with van der Waals surface area (Å²) in [5.74, 6) is 1.99. The number of benzene rings is 1. The first-order valence-electron chi connectivity index (χ1n) is 8.43. The molecule has 0 N–H and O–H groups in total. The molecular weight excluding hydrogens is 304 g/mol. The number of amides is 1. The Balaban J connectivity index is 1.73. The molecule has 2 aromatic rings. The molecule has 0 bridgehead atoms. The highest BCUT2D eigenvalue weighted by Gasteiger charge is 2.23. The van der Waals surface area contributed by atoms with Crippen molar-refractivity contribution in [1.82, 2.24) is 14.5 Å². The van der Waals surface area contributed by atoms with Crippen molar-refractivity contribution in [3.63, 3.8) is 0 Å².